The molecule has 0 atom stereocenters. The number of thioether (sulfide) groups is 2. The molecule has 0 saturated carbocycles. The van der Waals surface area contributed by atoms with Crippen molar-refractivity contribution in [3.63, 3.8) is 0 Å². The SMILES string of the molecule is CSC(C)=NOC(=O)N(C)S(=O)N(C)C(=O)ON=C(C)SC. The third-order valence-corrected chi connectivity index (χ3v) is 4.64. The van der Waals surface area contributed by atoms with E-state index in [9.17, 15) is 13.8 Å². The second kappa shape index (κ2) is 10.5. The lowest BCUT2D eigenvalue weighted by Crippen LogP contribution is -2.40. The lowest BCUT2D eigenvalue weighted by atomic mass is 10.9. The summed E-state index contributed by atoms with van der Waals surface area (Å²) >= 11 is 0.436. The van der Waals surface area contributed by atoms with Gasteiger partial charge in [-0.2, -0.15) is 0 Å². The zero-order valence-electron chi connectivity index (χ0n) is 13.1. The fraction of sp³-hybridized carbons (Fsp3) is 0.600. The molecule has 0 aliphatic carbocycles. The summed E-state index contributed by atoms with van der Waals surface area (Å²) in [4.78, 5) is 32.4. The van der Waals surface area contributed by atoms with Gasteiger partial charge in [0.05, 0.1) is 0 Å². The maximum absolute atomic E-state index is 12.0. The molecule has 0 aromatic heterocycles. The van der Waals surface area contributed by atoms with Gasteiger partial charge in [0.2, 0.25) is 11.2 Å². The lowest BCUT2D eigenvalue weighted by molar-refractivity contribution is 0.128. The second-order valence-electron chi connectivity index (χ2n) is 3.57. The highest BCUT2D eigenvalue weighted by Crippen LogP contribution is 2.06. The monoisotopic (exact) mass is 370 g/mol. The van der Waals surface area contributed by atoms with Gasteiger partial charge in [-0.3, -0.25) is 9.68 Å². The first-order chi connectivity index (χ1) is 10.2. The topological polar surface area (TPSA) is 101 Å². The Morgan fingerprint density at radius 1 is 0.909 bits per heavy atom. The molecule has 0 aromatic carbocycles. The standard InChI is InChI=1S/C10H18N4O5S3/c1-7(20-5)11-18-9(15)13(3)22(17)14(4)10(16)19-12-8(2)21-6/h1-6H3. The minimum atomic E-state index is -2.14. The van der Waals surface area contributed by atoms with Gasteiger partial charge >= 0.3 is 12.2 Å². The Kier molecular flexibility index (Phi) is 9.85. The van der Waals surface area contributed by atoms with Gasteiger partial charge in [0.1, 0.15) is 10.1 Å². The average Bonchev–Trinajstić information content (AvgIpc) is 2.54. The molecule has 9 nitrogen and oxygen atoms in total. The smallest absolute Gasteiger partial charge is 0.296 e. The third kappa shape index (κ3) is 7.13. The van der Waals surface area contributed by atoms with Gasteiger partial charge in [0.15, 0.2) is 0 Å². The summed E-state index contributed by atoms with van der Waals surface area (Å²) in [6.07, 6.45) is 1.57. The largest absolute Gasteiger partial charge is 0.449 e. The van der Waals surface area contributed by atoms with Gasteiger partial charge in [-0.1, -0.05) is 10.3 Å². The van der Waals surface area contributed by atoms with Crippen molar-refractivity contribution in [1.82, 2.24) is 8.61 Å². The van der Waals surface area contributed by atoms with Crippen LogP contribution in [0.5, 0.6) is 0 Å². The van der Waals surface area contributed by atoms with E-state index in [1.807, 2.05) is 0 Å². The fourth-order valence-electron chi connectivity index (χ4n) is 0.707. The molecule has 0 heterocycles. The first-order valence-corrected chi connectivity index (χ1v) is 9.24. The molecule has 0 saturated heterocycles. The van der Waals surface area contributed by atoms with E-state index >= 15 is 0 Å². The van der Waals surface area contributed by atoms with Gasteiger partial charge in [0, 0.05) is 14.1 Å². The highest BCUT2D eigenvalue weighted by atomic mass is 32.2. The third-order valence-electron chi connectivity index (χ3n) is 2.08. The predicted octanol–water partition coefficient (Wildman–Crippen LogP) is 2.09. The minimum absolute atomic E-state index is 0.516. The Balaban J connectivity index is 4.67. The van der Waals surface area contributed by atoms with E-state index in [1.165, 1.54) is 37.6 Å². The van der Waals surface area contributed by atoms with Crippen molar-refractivity contribution in [2.24, 2.45) is 10.3 Å². The van der Waals surface area contributed by atoms with Crippen LogP contribution >= 0.6 is 23.5 Å². The van der Waals surface area contributed by atoms with Crippen molar-refractivity contribution in [1.29, 1.82) is 0 Å². The van der Waals surface area contributed by atoms with Crippen LogP contribution in [-0.4, -0.2) is 61.7 Å². The average molecular weight is 370 g/mol. The predicted molar refractivity (Wildman–Crippen MR) is 89.9 cm³/mol. The number of carbonyl (C=O) groups excluding carboxylic acids is 2. The first kappa shape index (κ1) is 20.7. The van der Waals surface area contributed by atoms with Crippen LogP contribution in [0.3, 0.4) is 0 Å². The van der Waals surface area contributed by atoms with Crippen LogP contribution in [0.1, 0.15) is 13.8 Å². The zero-order chi connectivity index (χ0) is 17.3. The normalized spacial score (nSPS) is 13.4. The summed E-state index contributed by atoms with van der Waals surface area (Å²) in [5, 5.41) is 8.06. The summed E-state index contributed by atoms with van der Waals surface area (Å²) < 4.78 is 13.4. The molecule has 12 heteroatoms. The van der Waals surface area contributed by atoms with E-state index in [0.29, 0.717) is 18.7 Å². The summed E-state index contributed by atoms with van der Waals surface area (Å²) in [7, 11) is 2.39. The molecule has 0 bridgehead atoms. The first-order valence-electron chi connectivity index (χ1n) is 5.73. The van der Waals surface area contributed by atoms with Crippen LogP contribution in [0.25, 0.3) is 0 Å². The van der Waals surface area contributed by atoms with Crippen molar-refractivity contribution in [3.8, 4) is 0 Å². The highest BCUT2D eigenvalue weighted by Gasteiger charge is 2.26. The highest BCUT2D eigenvalue weighted by molar-refractivity contribution is 8.13. The molecule has 2 amide bonds. The maximum atomic E-state index is 12.0. The number of hydrogen-bond donors (Lipinski definition) is 0. The Labute approximate surface area is 140 Å². The minimum Gasteiger partial charge on any atom is -0.296 e. The van der Waals surface area contributed by atoms with Crippen LogP contribution in [0, 0.1) is 0 Å². The van der Waals surface area contributed by atoms with Crippen LogP contribution < -0.4 is 0 Å². The number of nitrogens with zero attached hydrogens (tertiary/aromatic N) is 4. The van der Waals surface area contributed by atoms with Crippen LogP contribution in [0.2, 0.25) is 0 Å². The van der Waals surface area contributed by atoms with E-state index in [2.05, 4.69) is 20.0 Å². The lowest BCUT2D eigenvalue weighted by Gasteiger charge is -2.19. The van der Waals surface area contributed by atoms with Gasteiger partial charge in [-0.05, 0) is 26.4 Å². The molecule has 0 aromatic rings. The van der Waals surface area contributed by atoms with Gasteiger partial charge in [-0.25, -0.2) is 22.4 Å². The van der Waals surface area contributed by atoms with Crippen LogP contribution in [0.4, 0.5) is 9.59 Å². The Bertz CT molecular complexity index is 455. The number of amides is 2. The fourth-order valence-corrected chi connectivity index (χ4v) is 1.62. The molecule has 0 rings (SSSR count). The zero-order valence-corrected chi connectivity index (χ0v) is 15.5. The summed E-state index contributed by atoms with van der Waals surface area (Å²) in [5.74, 6) is 0. The van der Waals surface area contributed by atoms with E-state index in [0.717, 1.165) is 0 Å². The summed E-state index contributed by atoms with van der Waals surface area (Å²) in [5.41, 5.74) is 0. The van der Waals surface area contributed by atoms with E-state index < -0.39 is 23.4 Å². The molecule has 0 unspecified atom stereocenters. The van der Waals surface area contributed by atoms with Gasteiger partial charge in [-0.15, -0.1) is 23.5 Å². The summed E-state index contributed by atoms with van der Waals surface area (Å²) in [6.45, 7) is 3.29. The van der Waals surface area contributed by atoms with Gasteiger partial charge in [0.25, 0.3) is 0 Å². The Hall–Kier alpha value is -1.27. The van der Waals surface area contributed by atoms with Crippen molar-refractivity contribution in [3.05, 3.63) is 0 Å². The molecule has 0 N–H and O–H groups in total. The molecule has 126 valence electrons. The molecule has 0 aliphatic heterocycles. The molecule has 0 spiro atoms. The Morgan fingerprint density at radius 3 is 1.50 bits per heavy atom. The maximum Gasteiger partial charge on any atom is 0.449 e. The molecule has 0 aliphatic rings. The number of rotatable bonds is 4. The molecule has 0 radical (unpaired) electrons. The molecular weight excluding hydrogens is 352 g/mol. The number of hydrogen-bond acceptors (Lipinski definition) is 9. The van der Waals surface area contributed by atoms with Crippen LogP contribution in [0.15, 0.2) is 10.3 Å². The molecule has 0 fully saturated rings. The van der Waals surface area contributed by atoms with E-state index in [1.54, 1.807) is 26.4 Å². The van der Waals surface area contributed by atoms with Crippen LogP contribution in [-0.2, 0) is 20.8 Å². The second-order valence-corrected chi connectivity index (χ2v) is 7.12. The summed E-state index contributed by atoms with van der Waals surface area (Å²) in [6, 6.07) is 0. The quantitative estimate of drug-likeness (QED) is 0.323. The van der Waals surface area contributed by atoms with E-state index in [4.69, 9.17) is 0 Å². The van der Waals surface area contributed by atoms with Crippen molar-refractivity contribution in [2.75, 3.05) is 26.6 Å². The Morgan fingerprint density at radius 2 is 1.23 bits per heavy atom. The van der Waals surface area contributed by atoms with E-state index in [-0.39, 0.29) is 0 Å². The van der Waals surface area contributed by atoms with Crippen molar-refractivity contribution < 1.29 is 23.5 Å². The number of carbonyl (C=O) groups is 2. The van der Waals surface area contributed by atoms with Gasteiger partial charge < -0.3 is 0 Å². The van der Waals surface area contributed by atoms with Crippen molar-refractivity contribution in [2.45, 2.75) is 13.8 Å². The molecular formula is C10H18N4O5S3. The van der Waals surface area contributed by atoms with Crippen molar-refractivity contribution >= 4 is 57.0 Å². The number of oxime groups is 2. The molecule has 22 heavy (non-hydrogen) atoms.